The minimum absolute atomic E-state index is 0.107. The van der Waals surface area contributed by atoms with Crippen LogP contribution in [0.4, 0.5) is 4.39 Å². The SMILES string of the molecule is COC(=O)C1CCn2c(cnc2-c2cccc(F)c2)C1. The molecule has 1 aromatic heterocycles. The van der Waals surface area contributed by atoms with Crippen molar-refractivity contribution >= 4 is 5.97 Å². The predicted molar refractivity (Wildman–Crippen MR) is 71.4 cm³/mol. The Kier molecular flexibility index (Phi) is 3.26. The Morgan fingerprint density at radius 3 is 3.10 bits per heavy atom. The van der Waals surface area contributed by atoms with Crippen LogP contribution in [-0.4, -0.2) is 22.6 Å². The summed E-state index contributed by atoms with van der Waals surface area (Å²) >= 11 is 0. The van der Waals surface area contributed by atoms with Gasteiger partial charge in [0.1, 0.15) is 11.6 Å². The number of ether oxygens (including phenoxy) is 1. The molecule has 0 fully saturated rings. The molecule has 1 atom stereocenters. The number of nitrogens with zero attached hydrogens (tertiary/aromatic N) is 2. The molecular formula is C15H15FN2O2. The van der Waals surface area contributed by atoms with Gasteiger partial charge < -0.3 is 9.30 Å². The molecule has 20 heavy (non-hydrogen) atoms. The lowest BCUT2D eigenvalue weighted by Crippen LogP contribution is -2.26. The molecule has 3 rings (SSSR count). The van der Waals surface area contributed by atoms with E-state index in [2.05, 4.69) is 4.98 Å². The fourth-order valence-corrected chi connectivity index (χ4v) is 2.69. The molecule has 4 nitrogen and oxygen atoms in total. The quantitative estimate of drug-likeness (QED) is 0.790. The van der Waals surface area contributed by atoms with Gasteiger partial charge >= 0.3 is 5.97 Å². The number of halogens is 1. The van der Waals surface area contributed by atoms with E-state index >= 15 is 0 Å². The summed E-state index contributed by atoms with van der Waals surface area (Å²) in [7, 11) is 1.41. The highest BCUT2D eigenvalue weighted by atomic mass is 19.1. The molecule has 0 radical (unpaired) electrons. The number of esters is 1. The summed E-state index contributed by atoms with van der Waals surface area (Å²) in [6.45, 7) is 0.695. The van der Waals surface area contributed by atoms with E-state index in [9.17, 15) is 9.18 Å². The first-order valence-corrected chi connectivity index (χ1v) is 6.57. The topological polar surface area (TPSA) is 44.1 Å². The third kappa shape index (κ3) is 2.19. The number of carbonyl (C=O) groups excluding carboxylic acids is 1. The van der Waals surface area contributed by atoms with E-state index in [1.54, 1.807) is 12.3 Å². The zero-order valence-corrected chi connectivity index (χ0v) is 11.2. The average Bonchev–Trinajstić information content (AvgIpc) is 2.89. The van der Waals surface area contributed by atoms with Crippen LogP contribution in [0.5, 0.6) is 0 Å². The Hall–Kier alpha value is -2.17. The fraction of sp³-hybridized carbons (Fsp3) is 0.333. The Bertz CT molecular complexity index is 651. The van der Waals surface area contributed by atoms with Crippen LogP contribution >= 0.6 is 0 Å². The largest absolute Gasteiger partial charge is 0.469 e. The van der Waals surface area contributed by atoms with E-state index < -0.39 is 0 Å². The first kappa shape index (κ1) is 12.8. The number of methoxy groups -OCH3 is 1. The molecule has 2 aromatic rings. The Morgan fingerprint density at radius 2 is 2.35 bits per heavy atom. The van der Waals surface area contributed by atoms with Crippen LogP contribution in [0.1, 0.15) is 12.1 Å². The molecule has 0 saturated carbocycles. The lowest BCUT2D eigenvalue weighted by atomic mass is 9.96. The van der Waals surface area contributed by atoms with Crippen LogP contribution in [0.25, 0.3) is 11.4 Å². The molecule has 0 N–H and O–H groups in total. The summed E-state index contributed by atoms with van der Waals surface area (Å²) in [6, 6.07) is 6.40. The normalized spacial score (nSPS) is 17.6. The summed E-state index contributed by atoms with van der Waals surface area (Å²) in [5.41, 5.74) is 1.75. The molecule has 1 aliphatic heterocycles. The predicted octanol–water partition coefficient (Wildman–Crippen LogP) is 2.42. The van der Waals surface area contributed by atoms with E-state index in [-0.39, 0.29) is 17.7 Å². The minimum Gasteiger partial charge on any atom is -0.469 e. The Balaban J connectivity index is 1.92. The number of hydrogen-bond acceptors (Lipinski definition) is 3. The van der Waals surface area contributed by atoms with Gasteiger partial charge in [-0.05, 0) is 18.6 Å². The number of carbonyl (C=O) groups is 1. The molecule has 0 bridgehead atoms. The zero-order valence-electron chi connectivity index (χ0n) is 11.2. The Labute approximate surface area is 116 Å². The molecule has 1 aliphatic rings. The van der Waals surface area contributed by atoms with Crippen LogP contribution in [0.3, 0.4) is 0 Å². The van der Waals surface area contributed by atoms with Gasteiger partial charge in [0.05, 0.1) is 13.0 Å². The van der Waals surface area contributed by atoms with Crippen molar-refractivity contribution in [2.45, 2.75) is 19.4 Å². The van der Waals surface area contributed by atoms with E-state index in [0.29, 0.717) is 13.0 Å². The number of imidazole rings is 1. The molecule has 5 heteroatoms. The van der Waals surface area contributed by atoms with Gasteiger partial charge in [-0.3, -0.25) is 4.79 Å². The standard InChI is InChI=1S/C15H15FN2O2/c1-20-15(19)11-5-6-18-13(8-11)9-17-14(18)10-3-2-4-12(16)7-10/h2-4,7,9,11H,5-6,8H2,1H3. The molecule has 0 aliphatic carbocycles. The molecule has 0 amide bonds. The van der Waals surface area contributed by atoms with Gasteiger partial charge in [0.25, 0.3) is 0 Å². The van der Waals surface area contributed by atoms with Crippen LogP contribution < -0.4 is 0 Å². The van der Waals surface area contributed by atoms with Crippen molar-refractivity contribution in [3.05, 3.63) is 42.0 Å². The van der Waals surface area contributed by atoms with Crippen molar-refractivity contribution in [2.24, 2.45) is 5.92 Å². The highest BCUT2D eigenvalue weighted by molar-refractivity contribution is 5.73. The number of aromatic nitrogens is 2. The maximum Gasteiger partial charge on any atom is 0.309 e. The second kappa shape index (κ2) is 5.07. The Morgan fingerprint density at radius 1 is 1.50 bits per heavy atom. The second-order valence-electron chi connectivity index (χ2n) is 4.95. The molecule has 104 valence electrons. The van der Waals surface area contributed by atoms with Crippen molar-refractivity contribution in [2.75, 3.05) is 7.11 Å². The van der Waals surface area contributed by atoms with E-state index in [0.717, 1.165) is 23.5 Å². The van der Waals surface area contributed by atoms with Gasteiger partial charge in [-0.25, -0.2) is 9.37 Å². The number of fused-ring (bicyclic) bond motifs is 1. The summed E-state index contributed by atoms with van der Waals surface area (Å²) in [5, 5.41) is 0. The van der Waals surface area contributed by atoms with Gasteiger partial charge in [-0.2, -0.15) is 0 Å². The van der Waals surface area contributed by atoms with E-state index in [1.807, 2.05) is 10.6 Å². The first-order valence-electron chi connectivity index (χ1n) is 6.57. The van der Waals surface area contributed by atoms with Gasteiger partial charge in [0.15, 0.2) is 0 Å². The van der Waals surface area contributed by atoms with Crippen LogP contribution in [-0.2, 0) is 22.5 Å². The molecule has 1 aromatic carbocycles. The monoisotopic (exact) mass is 274 g/mol. The van der Waals surface area contributed by atoms with Crippen molar-refractivity contribution in [3.8, 4) is 11.4 Å². The minimum atomic E-state index is -0.275. The highest BCUT2D eigenvalue weighted by Crippen LogP contribution is 2.27. The third-order valence-corrected chi connectivity index (χ3v) is 3.71. The van der Waals surface area contributed by atoms with Crippen molar-refractivity contribution < 1.29 is 13.9 Å². The van der Waals surface area contributed by atoms with Gasteiger partial charge in [-0.1, -0.05) is 12.1 Å². The molecular weight excluding hydrogens is 259 g/mol. The van der Waals surface area contributed by atoms with Crippen molar-refractivity contribution in [3.63, 3.8) is 0 Å². The van der Waals surface area contributed by atoms with E-state index in [4.69, 9.17) is 4.74 Å². The first-order chi connectivity index (χ1) is 9.69. The van der Waals surface area contributed by atoms with Gasteiger partial charge in [0.2, 0.25) is 0 Å². The van der Waals surface area contributed by atoms with E-state index in [1.165, 1.54) is 19.2 Å². The van der Waals surface area contributed by atoms with Gasteiger partial charge in [-0.15, -0.1) is 0 Å². The van der Waals surface area contributed by atoms with Crippen LogP contribution in [0.15, 0.2) is 30.5 Å². The summed E-state index contributed by atoms with van der Waals surface area (Å²) < 4.78 is 20.2. The van der Waals surface area contributed by atoms with Crippen LogP contribution in [0, 0.1) is 11.7 Å². The number of rotatable bonds is 2. The molecule has 1 unspecified atom stereocenters. The maximum absolute atomic E-state index is 13.3. The lowest BCUT2D eigenvalue weighted by Gasteiger charge is -2.23. The zero-order chi connectivity index (χ0) is 14.1. The summed E-state index contributed by atoms with van der Waals surface area (Å²) in [5.74, 6) is 0.195. The summed E-state index contributed by atoms with van der Waals surface area (Å²) in [6.07, 6.45) is 3.10. The third-order valence-electron chi connectivity index (χ3n) is 3.71. The number of benzene rings is 1. The second-order valence-corrected chi connectivity index (χ2v) is 4.95. The highest BCUT2D eigenvalue weighted by Gasteiger charge is 2.27. The van der Waals surface area contributed by atoms with Crippen molar-refractivity contribution in [1.82, 2.24) is 9.55 Å². The lowest BCUT2D eigenvalue weighted by molar-refractivity contribution is -0.146. The maximum atomic E-state index is 13.3. The number of hydrogen-bond donors (Lipinski definition) is 0. The smallest absolute Gasteiger partial charge is 0.309 e. The van der Waals surface area contributed by atoms with Crippen LogP contribution in [0.2, 0.25) is 0 Å². The molecule has 0 spiro atoms. The van der Waals surface area contributed by atoms with Gasteiger partial charge in [0, 0.05) is 30.4 Å². The molecule has 0 saturated heterocycles. The summed E-state index contributed by atoms with van der Waals surface area (Å²) in [4.78, 5) is 16.0. The fourth-order valence-electron chi connectivity index (χ4n) is 2.69. The van der Waals surface area contributed by atoms with Crippen molar-refractivity contribution in [1.29, 1.82) is 0 Å². The average molecular weight is 274 g/mol. The molecule has 2 heterocycles.